The van der Waals surface area contributed by atoms with E-state index < -0.39 is 0 Å². The SMILES string of the molecule is COCC(CCO)NC(=O)c1ccc2c(c1)NC(=O)CO2. The number of nitrogens with one attached hydrogen (secondary N) is 2. The highest BCUT2D eigenvalue weighted by Crippen LogP contribution is 2.28. The Kier molecular flexibility index (Phi) is 5.13. The minimum absolute atomic E-state index is 0.0229. The molecule has 1 aliphatic rings. The molecular weight excluding hydrogens is 276 g/mol. The van der Waals surface area contributed by atoms with Gasteiger partial charge in [0.05, 0.1) is 18.3 Å². The molecule has 7 heteroatoms. The second-order valence-corrected chi connectivity index (χ2v) is 4.69. The van der Waals surface area contributed by atoms with Crippen molar-refractivity contribution in [3.05, 3.63) is 23.8 Å². The second kappa shape index (κ2) is 7.05. The molecule has 1 heterocycles. The van der Waals surface area contributed by atoms with Gasteiger partial charge in [0.25, 0.3) is 11.8 Å². The van der Waals surface area contributed by atoms with E-state index in [0.29, 0.717) is 30.0 Å². The van der Waals surface area contributed by atoms with Crippen molar-refractivity contribution in [3.63, 3.8) is 0 Å². The lowest BCUT2D eigenvalue weighted by Gasteiger charge is -2.20. The van der Waals surface area contributed by atoms with Crippen molar-refractivity contribution >= 4 is 17.5 Å². The first-order valence-electron chi connectivity index (χ1n) is 6.61. The molecule has 21 heavy (non-hydrogen) atoms. The second-order valence-electron chi connectivity index (χ2n) is 4.69. The summed E-state index contributed by atoms with van der Waals surface area (Å²) in [5.74, 6) is -0.0133. The smallest absolute Gasteiger partial charge is 0.262 e. The van der Waals surface area contributed by atoms with E-state index in [2.05, 4.69) is 10.6 Å². The van der Waals surface area contributed by atoms with Crippen LogP contribution in [-0.4, -0.2) is 49.9 Å². The monoisotopic (exact) mass is 294 g/mol. The first-order valence-corrected chi connectivity index (χ1v) is 6.61. The molecule has 7 nitrogen and oxygen atoms in total. The number of methoxy groups -OCH3 is 1. The summed E-state index contributed by atoms with van der Waals surface area (Å²) in [6.45, 7) is 0.254. The molecule has 1 atom stereocenters. The summed E-state index contributed by atoms with van der Waals surface area (Å²) in [5, 5.41) is 14.4. The number of benzene rings is 1. The van der Waals surface area contributed by atoms with Crippen molar-refractivity contribution in [1.29, 1.82) is 0 Å². The number of anilines is 1. The third kappa shape index (κ3) is 3.93. The van der Waals surface area contributed by atoms with Crippen LogP contribution in [0.2, 0.25) is 0 Å². The van der Waals surface area contributed by atoms with Gasteiger partial charge in [0, 0.05) is 19.3 Å². The number of amides is 2. The fraction of sp³-hybridized carbons (Fsp3) is 0.429. The van der Waals surface area contributed by atoms with Crippen LogP contribution in [0.1, 0.15) is 16.8 Å². The molecule has 1 unspecified atom stereocenters. The van der Waals surface area contributed by atoms with Gasteiger partial charge >= 0.3 is 0 Å². The Hall–Kier alpha value is -2.12. The first-order chi connectivity index (χ1) is 10.1. The van der Waals surface area contributed by atoms with Crippen molar-refractivity contribution in [2.45, 2.75) is 12.5 Å². The zero-order chi connectivity index (χ0) is 15.2. The van der Waals surface area contributed by atoms with E-state index in [1.807, 2.05) is 0 Å². The van der Waals surface area contributed by atoms with Gasteiger partial charge in [-0.15, -0.1) is 0 Å². The molecule has 114 valence electrons. The molecule has 1 aromatic carbocycles. The van der Waals surface area contributed by atoms with Gasteiger partial charge < -0.3 is 25.2 Å². The molecule has 0 spiro atoms. The highest BCUT2D eigenvalue weighted by atomic mass is 16.5. The molecule has 0 aromatic heterocycles. The molecule has 0 saturated heterocycles. The maximum absolute atomic E-state index is 12.2. The lowest BCUT2D eigenvalue weighted by Crippen LogP contribution is -2.38. The average molecular weight is 294 g/mol. The number of carbonyl (C=O) groups is 2. The third-order valence-electron chi connectivity index (χ3n) is 3.06. The van der Waals surface area contributed by atoms with Gasteiger partial charge in [-0.1, -0.05) is 0 Å². The van der Waals surface area contributed by atoms with Crippen LogP contribution in [0.3, 0.4) is 0 Å². The Balaban J connectivity index is 2.08. The van der Waals surface area contributed by atoms with Crippen LogP contribution in [-0.2, 0) is 9.53 Å². The summed E-state index contributed by atoms with van der Waals surface area (Å²) in [6, 6.07) is 4.55. The Morgan fingerprint density at radius 3 is 3.10 bits per heavy atom. The van der Waals surface area contributed by atoms with E-state index in [0.717, 1.165) is 0 Å². The fourth-order valence-electron chi connectivity index (χ4n) is 2.05. The molecule has 0 fully saturated rings. The third-order valence-corrected chi connectivity index (χ3v) is 3.06. The number of ether oxygens (including phenoxy) is 2. The van der Waals surface area contributed by atoms with Crippen molar-refractivity contribution < 1.29 is 24.2 Å². The summed E-state index contributed by atoms with van der Waals surface area (Å²) in [6.07, 6.45) is 0.407. The Bertz CT molecular complexity index is 526. The van der Waals surface area contributed by atoms with Gasteiger partial charge in [-0.2, -0.15) is 0 Å². The topological polar surface area (TPSA) is 96.9 Å². The molecule has 0 radical (unpaired) electrons. The summed E-state index contributed by atoms with van der Waals surface area (Å²) in [5.41, 5.74) is 0.878. The lowest BCUT2D eigenvalue weighted by atomic mass is 10.1. The standard InChI is InChI=1S/C14H18N2O5/c1-20-7-10(4-5-17)15-14(19)9-2-3-12-11(6-9)16-13(18)8-21-12/h2-3,6,10,17H,4-5,7-8H2,1H3,(H,15,19)(H,16,18). The Morgan fingerprint density at radius 1 is 1.57 bits per heavy atom. The predicted octanol–water partition coefficient (Wildman–Crippen LogP) is 0.145. The zero-order valence-electron chi connectivity index (χ0n) is 11.7. The molecular formula is C14H18N2O5. The van der Waals surface area contributed by atoms with Crippen LogP contribution in [0.25, 0.3) is 0 Å². The van der Waals surface area contributed by atoms with Gasteiger partial charge in [-0.25, -0.2) is 0 Å². The predicted molar refractivity (Wildman–Crippen MR) is 75.4 cm³/mol. The quantitative estimate of drug-likeness (QED) is 0.693. The normalized spacial score (nSPS) is 14.7. The fourth-order valence-corrected chi connectivity index (χ4v) is 2.05. The Morgan fingerprint density at radius 2 is 2.38 bits per heavy atom. The minimum atomic E-state index is -0.298. The summed E-state index contributed by atoms with van der Waals surface area (Å²) < 4.78 is 10.2. The summed E-state index contributed by atoms with van der Waals surface area (Å²) >= 11 is 0. The number of rotatable bonds is 6. The van der Waals surface area contributed by atoms with Crippen LogP contribution in [0.5, 0.6) is 5.75 Å². The number of fused-ring (bicyclic) bond motifs is 1. The van der Waals surface area contributed by atoms with Crippen molar-refractivity contribution in [2.75, 3.05) is 32.2 Å². The van der Waals surface area contributed by atoms with Gasteiger partial charge in [0.2, 0.25) is 0 Å². The van der Waals surface area contributed by atoms with Gasteiger partial charge in [0.1, 0.15) is 5.75 Å². The number of carbonyl (C=O) groups excluding carboxylic acids is 2. The van der Waals surface area contributed by atoms with Gasteiger partial charge in [-0.05, 0) is 24.6 Å². The summed E-state index contributed by atoms with van der Waals surface area (Å²) in [4.78, 5) is 23.4. The van der Waals surface area contributed by atoms with Crippen LogP contribution in [0.15, 0.2) is 18.2 Å². The number of aliphatic hydroxyl groups is 1. The van der Waals surface area contributed by atoms with Gasteiger partial charge in [0.15, 0.2) is 6.61 Å². The van der Waals surface area contributed by atoms with E-state index in [1.165, 1.54) is 7.11 Å². The molecule has 1 aromatic rings. The largest absolute Gasteiger partial charge is 0.482 e. The van der Waals surface area contributed by atoms with Crippen LogP contribution in [0, 0.1) is 0 Å². The zero-order valence-corrected chi connectivity index (χ0v) is 11.7. The van der Waals surface area contributed by atoms with Gasteiger partial charge in [-0.3, -0.25) is 9.59 Å². The van der Waals surface area contributed by atoms with E-state index >= 15 is 0 Å². The van der Waals surface area contributed by atoms with Crippen LogP contribution >= 0.6 is 0 Å². The molecule has 0 bridgehead atoms. The summed E-state index contributed by atoms with van der Waals surface area (Å²) in [7, 11) is 1.53. The maximum Gasteiger partial charge on any atom is 0.262 e. The molecule has 1 aliphatic heterocycles. The van der Waals surface area contributed by atoms with Crippen molar-refractivity contribution in [2.24, 2.45) is 0 Å². The molecule has 2 rings (SSSR count). The maximum atomic E-state index is 12.2. The number of aliphatic hydroxyl groups excluding tert-OH is 1. The lowest BCUT2D eigenvalue weighted by molar-refractivity contribution is -0.118. The molecule has 0 saturated carbocycles. The number of hydrogen-bond acceptors (Lipinski definition) is 5. The minimum Gasteiger partial charge on any atom is -0.482 e. The average Bonchev–Trinajstić information content (AvgIpc) is 2.47. The van der Waals surface area contributed by atoms with E-state index in [9.17, 15) is 9.59 Å². The Labute approximate surface area is 122 Å². The molecule has 3 N–H and O–H groups in total. The number of hydrogen-bond donors (Lipinski definition) is 3. The van der Waals surface area contributed by atoms with Crippen molar-refractivity contribution in [3.8, 4) is 5.75 Å². The van der Waals surface area contributed by atoms with Crippen LogP contribution < -0.4 is 15.4 Å². The van der Waals surface area contributed by atoms with Crippen LogP contribution in [0.4, 0.5) is 5.69 Å². The van der Waals surface area contributed by atoms with E-state index in [-0.39, 0.29) is 31.1 Å². The molecule has 2 amide bonds. The first kappa shape index (κ1) is 15.3. The molecule has 0 aliphatic carbocycles. The highest BCUT2D eigenvalue weighted by Gasteiger charge is 2.19. The van der Waals surface area contributed by atoms with E-state index in [4.69, 9.17) is 14.6 Å². The highest BCUT2D eigenvalue weighted by molar-refractivity contribution is 5.99. The van der Waals surface area contributed by atoms with E-state index in [1.54, 1.807) is 18.2 Å². The van der Waals surface area contributed by atoms with Crippen molar-refractivity contribution in [1.82, 2.24) is 5.32 Å².